The lowest BCUT2D eigenvalue weighted by molar-refractivity contribution is 0.142. The minimum Gasteiger partial charge on any atom is -0.294 e. The fourth-order valence-electron chi connectivity index (χ4n) is 7.54. The lowest BCUT2D eigenvalue weighted by Gasteiger charge is -2.26. The number of anilines is 3. The molecular weight excluding hydrogens is 629 g/mol. The molecule has 0 fully saturated rings. The molecule has 0 atom stereocenters. The standard InChI is InChI=1S/C44H44N4OSi/c1-29(2)35-17-13-18-36(30(3)4)44(35)31-24-25-45-43(26-31)47-39-19-9-8-16-37(39)38-23-22-34(28-42(38)47)50(6,7)33-15-12-14-32(27-33)48-41-21-11-10-20-40(41)46(5)49-48/h8-30H,1-7H3/i5D3. The highest BCUT2D eigenvalue weighted by atomic mass is 28.3. The zero-order chi connectivity index (χ0) is 37.2. The van der Waals surface area contributed by atoms with E-state index in [1.54, 1.807) is 11.1 Å². The quantitative estimate of drug-likeness (QED) is 0.158. The molecule has 0 saturated heterocycles. The van der Waals surface area contributed by atoms with Crippen molar-refractivity contribution in [1.82, 2.24) is 9.55 Å². The van der Waals surface area contributed by atoms with Crippen LogP contribution >= 0.6 is 0 Å². The van der Waals surface area contributed by atoms with E-state index in [-0.39, 0.29) is 0 Å². The Bertz CT molecular complexity index is 2480. The summed E-state index contributed by atoms with van der Waals surface area (Å²) in [5.74, 6) is 1.66. The zero-order valence-electron chi connectivity index (χ0n) is 32.5. The molecule has 1 aliphatic rings. The van der Waals surface area contributed by atoms with Crippen LogP contribution < -0.4 is 20.5 Å². The Morgan fingerprint density at radius 1 is 0.660 bits per heavy atom. The first-order chi connectivity index (χ1) is 25.3. The average Bonchev–Trinajstić information content (AvgIpc) is 3.71. The van der Waals surface area contributed by atoms with Gasteiger partial charge in [0.15, 0.2) is 0 Å². The van der Waals surface area contributed by atoms with Gasteiger partial charge in [-0.3, -0.25) is 4.57 Å². The van der Waals surface area contributed by atoms with E-state index in [1.165, 1.54) is 43.4 Å². The second-order valence-corrected chi connectivity index (χ2v) is 18.8. The monoisotopic (exact) mass is 675 g/mol. The topological polar surface area (TPSA) is 33.5 Å². The SMILES string of the molecule is [2H]C([2H])([2H])N1ON(c2cccc([Si](C)(C)c3ccc4c5ccccc5n(-c5cc(-c6c(C(C)C)cccc6C(C)C)ccn5)c4c3)c2)c2ccccc21. The van der Waals surface area contributed by atoms with E-state index in [1.807, 2.05) is 36.5 Å². The summed E-state index contributed by atoms with van der Waals surface area (Å²) in [6.45, 7) is 11.3. The highest BCUT2D eigenvalue weighted by Gasteiger charge is 2.31. The van der Waals surface area contributed by atoms with E-state index >= 15 is 0 Å². The van der Waals surface area contributed by atoms with Crippen LogP contribution in [0.25, 0.3) is 38.8 Å². The Kier molecular flexibility index (Phi) is 7.05. The van der Waals surface area contributed by atoms with Gasteiger partial charge >= 0.3 is 0 Å². The third-order valence-electron chi connectivity index (χ3n) is 10.3. The molecule has 0 spiro atoms. The molecule has 0 saturated carbocycles. The maximum atomic E-state index is 8.07. The molecule has 0 unspecified atom stereocenters. The Hall–Kier alpha value is -5.17. The number of para-hydroxylation sites is 3. The van der Waals surface area contributed by atoms with Crippen LogP contribution in [0.15, 0.2) is 128 Å². The van der Waals surface area contributed by atoms with Crippen LogP contribution in [0.1, 0.15) is 54.8 Å². The second-order valence-electron chi connectivity index (χ2n) is 14.4. The molecule has 8 rings (SSSR count). The Balaban J connectivity index is 1.25. The summed E-state index contributed by atoms with van der Waals surface area (Å²) in [5.41, 5.74) is 9.41. The third-order valence-corrected chi connectivity index (χ3v) is 13.8. The first kappa shape index (κ1) is 28.6. The average molecular weight is 676 g/mol. The number of nitrogens with zero attached hydrogens (tertiary/aromatic N) is 4. The van der Waals surface area contributed by atoms with Gasteiger partial charge in [-0.2, -0.15) is 5.06 Å². The van der Waals surface area contributed by atoms with Crippen LogP contribution in [0.5, 0.6) is 0 Å². The number of hydroxylamine groups is 1. The Labute approximate surface area is 300 Å². The van der Waals surface area contributed by atoms with E-state index < -0.39 is 15.0 Å². The van der Waals surface area contributed by atoms with Crippen LogP contribution in [-0.2, 0) is 4.94 Å². The first-order valence-electron chi connectivity index (χ1n) is 19.0. The van der Waals surface area contributed by atoms with Gasteiger partial charge in [0.2, 0.25) is 0 Å². The number of pyridine rings is 1. The molecule has 50 heavy (non-hydrogen) atoms. The third kappa shape index (κ3) is 5.22. The predicted molar refractivity (Wildman–Crippen MR) is 213 cm³/mol. The van der Waals surface area contributed by atoms with Crippen LogP contribution in [0.4, 0.5) is 17.1 Å². The summed E-state index contributed by atoms with van der Waals surface area (Å²) < 4.78 is 26.5. The number of hydrogen-bond donors (Lipinski definition) is 0. The molecular formula is C44H44N4OSi. The van der Waals surface area contributed by atoms with Gasteiger partial charge in [-0.25, -0.2) is 10.0 Å². The van der Waals surface area contributed by atoms with E-state index in [9.17, 15) is 0 Å². The Morgan fingerprint density at radius 3 is 2.10 bits per heavy atom. The lowest BCUT2D eigenvalue weighted by atomic mass is 9.85. The molecule has 0 N–H and O–H groups in total. The summed E-state index contributed by atoms with van der Waals surface area (Å²) in [7, 11) is -2.32. The fraction of sp³-hybridized carbons (Fsp3) is 0.205. The molecule has 5 nitrogen and oxygen atoms in total. The lowest BCUT2D eigenvalue weighted by Crippen LogP contribution is -2.52. The largest absolute Gasteiger partial charge is 0.294 e. The summed E-state index contributed by atoms with van der Waals surface area (Å²) in [4.78, 5) is 11.0. The van der Waals surface area contributed by atoms with E-state index in [4.69, 9.17) is 14.0 Å². The van der Waals surface area contributed by atoms with Gasteiger partial charge in [0.1, 0.15) is 13.9 Å². The molecule has 6 heteroatoms. The minimum absolute atomic E-state index is 0.383. The number of benzene rings is 5. The summed E-state index contributed by atoms with van der Waals surface area (Å²) in [6, 6.07) is 42.3. The number of hydrogen-bond acceptors (Lipinski definition) is 4. The molecule has 5 aromatic carbocycles. The normalized spacial score (nSPS) is 14.4. The van der Waals surface area contributed by atoms with Gasteiger partial charge in [-0.05, 0) is 82.6 Å². The molecule has 0 radical (unpaired) electrons. The number of aromatic nitrogens is 2. The molecule has 0 bridgehead atoms. The van der Waals surface area contributed by atoms with Crippen LogP contribution in [0.3, 0.4) is 0 Å². The van der Waals surface area contributed by atoms with Crippen molar-refractivity contribution in [2.24, 2.45) is 0 Å². The molecule has 2 aromatic heterocycles. The fourth-order valence-corrected chi connectivity index (χ4v) is 9.89. The zero-order valence-corrected chi connectivity index (χ0v) is 30.5. The van der Waals surface area contributed by atoms with Crippen molar-refractivity contribution in [3.05, 3.63) is 139 Å². The molecule has 0 aliphatic carbocycles. The van der Waals surface area contributed by atoms with Crippen molar-refractivity contribution in [3.63, 3.8) is 0 Å². The smallest absolute Gasteiger partial charge is 0.138 e. The maximum absolute atomic E-state index is 8.07. The van der Waals surface area contributed by atoms with Crippen molar-refractivity contribution in [1.29, 1.82) is 0 Å². The van der Waals surface area contributed by atoms with Crippen molar-refractivity contribution >= 4 is 57.3 Å². The van der Waals surface area contributed by atoms with Crippen molar-refractivity contribution < 1.29 is 9.05 Å². The molecule has 7 aromatic rings. The molecule has 0 amide bonds. The van der Waals surface area contributed by atoms with Crippen LogP contribution in [0, 0.1) is 0 Å². The predicted octanol–water partition coefficient (Wildman–Crippen LogP) is 10.3. The van der Waals surface area contributed by atoms with Gasteiger partial charge < -0.3 is 0 Å². The highest BCUT2D eigenvalue weighted by Crippen LogP contribution is 2.41. The summed E-state index contributed by atoms with van der Waals surface area (Å²) >= 11 is 0. The van der Waals surface area contributed by atoms with E-state index in [0.29, 0.717) is 23.2 Å². The first-order valence-corrected chi connectivity index (χ1v) is 20.5. The highest BCUT2D eigenvalue weighted by molar-refractivity contribution is 7.00. The summed E-state index contributed by atoms with van der Waals surface area (Å²) in [6.07, 6.45) is 1.95. The Morgan fingerprint density at radius 2 is 1.34 bits per heavy atom. The minimum atomic E-state index is -2.45. The van der Waals surface area contributed by atoms with Crippen molar-refractivity contribution in [2.75, 3.05) is 17.1 Å². The maximum Gasteiger partial charge on any atom is 0.138 e. The van der Waals surface area contributed by atoms with Gasteiger partial charge in [0.25, 0.3) is 0 Å². The van der Waals surface area contributed by atoms with Crippen LogP contribution in [0.2, 0.25) is 13.1 Å². The summed E-state index contributed by atoms with van der Waals surface area (Å²) in [5, 5.41) is 7.50. The second kappa shape index (κ2) is 12.3. The number of rotatable bonds is 7. The molecule has 1 aliphatic heterocycles. The van der Waals surface area contributed by atoms with E-state index in [2.05, 4.69) is 130 Å². The van der Waals surface area contributed by atoms with Crippen LogP contribution in [-0.4, -0.2) is 24.6 Å². The molecule has 250 valence electrons. The van der Waals surface area contributed by atoms with Gasteiger partial charge in [0, 0.05) is 28.1 Å². The molecule has 3 heterocycles. The van der Waals surface area contributed by atoms with Gasteiger partial charge in [0.05, 0.1) is 28.1 Å². The van der Waals surface area contributed by atoms with Gasteiger partial charge in [-0.1, -0.05) is 124 Å². The van der Waals surface area contributed by atoms with Crippen molar-refractivity contribution in [3.8, 4) is 16.9 Å². The van der Waals surface area contributed by atoms with E-state index in [0.717, 1.165) is 27.6 Å². The number of fused-ring (bicyclic) bond motifs is 4. The van der Waals surface area contributed by atoms with Crippen molar-refractivity contribution in [2.45, 2.75) is 52.6 Å². The van der Waals surface area contributed by atoms with Gasteiger partial charge in [-0.15, -0.1) is 4.94 Å².